The van der Waals surface area contributed by atoms with E-state index in [2.05, 4.69) is 0 Å². The van der Waals surface area contributed by atoms with E-state index in [-0.39, 0.29) is 0 Å². The molecule has 0 spiro atoms. The van der Waals surface area contributed by atoms with Crippen LogP contribution in [0.2, 0.25) is 0 Å². The Hall–Kier alpha value is 1.22. The SMILES string of the molecule is C1CCCCC1.[Cl][GaH][Cl]. The van der Waals surface area contributed by atoms with E-state index < -0.39 is 15.4 Å². The Kier molecular flexibility index (Phi) is 10.5. The number of rotatable bonds is 0. The van der Waals surface area contributed by atoms with Crippen LogP contribution in [0.25, 0.3) is 0 Å². The maximum absolute atomic E-state index is 4.95. The van der Waals surface area contributed by atoms with Crippen LogP contribution in [-0.4, -0.2) is 15.4 Å². The molecule has 0 saturated heterocycles. The third-order valence-electron chi connectivity index (χ3n) is 1.50. The van der Waals surface area contributed by atoms with Gasteiger partial charge >= 0.3 is 34.7 Å². The Bertz CT molecular complexity index is 34.8. The van der Waals surface area contributed by atoms with Crippen molar-refractivity contribution in [1.29, 1.82) is 0 Å². The van der Waals surface area contributed by atoms with Crippen molar-refractivity contribution in [2.45, 2.75) is 38.5 Å². The zero-order valence-corrected chi connectivity index (χ0v) is 10.2. The van der Waals surface area contributed by atoms with Gasteiger partial charge in [0.2, 0.25) is 0 Å². The van der Waals surface area contributed by atoms with E-state index in [1.807, 2.05) is 0 Å². The van der Waals surface area contributed by atoms with Gasteiger partial charge in [-0.25, -0.2) is 0 Å². The number of halogens is 2. The summed E-state index contributed by atoms with van der Waals surface area (Å²) in [6.45, 7) is 0. The first-order chi connectivity index (χ1) is 4.41. The van der Waals surface area contributed by atoms with Gasteiger partial charge in [0, 0.05) is 0 Å². The number of hydrogen-bond acceptors (Lipinski definition) is 0. The Morgan fingerprint density at radius 3 is 0.889 bits per heavy atom. The molecule has 0 N–H and O–H groups in total. The van der Waals surface area contributed by atoms with E-state index >= 15 is 0 Å². The van der Waals surface area contributed by atoms with Crippen LogP contribution in [0.1, 0.15) is 38.5 Å². The summed E-state index contributed by atoms with van der Waals surface area (Å²) in [5.74, 6) is 0. The van der Waals surface area contributed by atoms with Gasteiger partial charge in [-0.3, -0.25) is 0 Å². The molecule has 54 valence electrons. The fraction of sp³-hybridized carbons (Fsp3) is 1.00. The summed E-state index contributed by atoms with van der Waals surface area (Å²) in [6.07, 6.45) is 9.00. The Labute approximate surface area is 73.1 Å². The molecule has 0 nitrogen and oxygen atoms in total. The first-order valence-electron chi connectivity index (χ1n) is 3.53. The Morgan fingerprint density at radius 1 is 0.667 bits per heavy atom. The molecule has 0 bridgehead atoms. The molecule has 0 unspecified atom stereocenters. The third-order valence-corrected chi connectivity index (χ3v) is 1.50. The molecule has 3 heteroatoms. The monoisotopic (exact) mass is 224 g/mol. The number of hydrogen-bond donors (Lipinski definition) is 0. The summed E-state index contributed by atoms with van der Waals surface area (Å²) in [4.78, 5) is 0. The molecule has 0 radical (unpaired) electrons. The average molecular weight is 226 g/mol. The first-order valence-corrected chi connectivity index (χ1v) is 11.3. The standard InChI is InChI=1S/C6H12.2ClH.Ga.H/c1-2-4-6-5-3-1;;;;/h1-6H2;2*1H;;/q;;;+2;/p-2. The average Bonchev–Trinajstić information content (AvgIpc) is 1.93. The fourth-order valence-electron chi connectivity index (χ4n) is 1.06. The molecule has 0 atom stereocenters. The molecule has 1 aliphatic rings. The second-order valence-corrected chi connectivity index (χ2v) is 6.85. The molecule has 1 saturated carbocycles. The van der Waals surface area contributed by atoms with Crippen molar-refractivity contribution in [3.05, 3.63) is 0 Å². The quantitative estimate of drug-likeness (QED) is 0.556. The summed E-state index contributed by atoms with van der Waals surface area (Å²) in [6, 6.07) is 0. The van der Waals surface area contributed by atoms with Crippen molar-refractivity contribution in [3.63, 3.8) is 0 Å². The van der Waals surface area contributed by atoms with E-state index in [4.69, 9.17) is 19.3 Å². The van der Waals surface area contributed by atoms with Gasteiger partial charge in [0.05, 0.1) is 0 Å². The zero-order valence-electron chi connectivity index (χ0n) is 5.71. The van der Waals surface area contributed by atoms with Crippen molar-refractivity contribution in [1.82, 2.24) is 0 Å². The van der Waals surface area contributed by atoms with Gasteiger partial charge in [0.15, 0.2) is 0 Å². The Balaban J connectivity index is 0.000000187. The Morgan fingerprint density at radius 2 is 0.778 bits per heavy atom. The van der Waals surface area contributed by atoms with Gasteiger partial charge < -0.3 is 0 Å². The van der Waals surface area contributed by atoms with Gasteiger partial charge in [-0.2, -0.15) is 0 Å². The van der Waals surface area contributed by atoms with Crippen LogP contribution >= 0.6 is 19.3 Å². The molecule has 1 fully saturated rings. The fourth-order valence-corrected chi connectivity index (χ4v) is 1.06. The summed E-state index contributed by atoms with van der Waals surface area (Å²) >= 11 is -0.931. The molecule has 0 aromatic rings. The van der Waals surface area contributed by atoms with E-state index in [1.54, 1.807) is 0 Å². The van der Waals surface area contributed by atoms with Crippen molar-refractivity contribution < 1.29 is 0 Å². The van der Waals surface area contributed by atoms with Crippen LogP contribution in [0.4, 0.5) is 0 Å². The van der Waals surface area contributed by atoms with Gasteiger partial charge in [0.1, 0.15) is 0 Å². The van der Waals surface area contributed by atoms with E-state index in [0.29, 0.717) is 0 Å². The van der Waals surface area contributed by atoms with Crippen molar-refractivity contribution in [2.24, 2.45) is 0 Å². The van der Waals surface area contributed by atoms with Gasteiger partial charge in [-0.15, -0.1) is 0 Å². The molecule has 0 amide bonds. The van der Waals surface area contributed by atoms with Crippen LogP contribution in [-0.2, 0) is 0 Å². The van der Waals surface area contributed by atoms with Crippen molar-refractivity contribution in [3.8, 4) is 0 Å². The molecule has 0 aromatic carbocycles. The van der Waals surface area contributed by atoms with Crippen LogP contribution < -0.4 is 0 Å². The minimum atomic E-state index is -0.931. The summed E-state index contributed by atoms with van der Waals surface area (Å²) in [7, 11) is 9.90. The normalized spacial score (nSPS) is 17.6. The van der Waals surface area contributed by atoms with E-state index in [0.717, 1.165) is 0 Å². The van der Waals surface area contributed by atoms with Gasteiger partial charge in [-0.05, 0) is 0 Å². The molecular weight excluding hydrogens is 213 g/mol. The summed E-state index contributed by atoms with van der Waals surface area (Å²) in [5.41, 5.74) is 0. The van der Waals surface area contributed by atoms with Crippen LogP contribution in [0, 0.1) is 0 Å². The molecule has 1 rings (SSSR count). The first kappa shape index (κ1) is 10.2. The van der Waals surface area contributed by atoms with Crippen LogP contribution in [0.5, 0.6) is 0 Å². The molecule has 9 heavy (non-hydrogen) atoms. The van der Waals surface area contributed by atoms with Crippen LogP contribution in [0.3, 0.4) is 0 Å². The van der Waals surface area contributed by atoms with E-state index in [1.165, 1.54) is 38.5 Å². The molecule has 1 aliphatic carbocycles. The molecule has 0 aromatic heterocycles. The van der Waals surface area contributed by atoms with Gasteiger partial charge in [-0.1, -0.05) is 38.5 Å². The zero-order chi connectivity index (χ0) is 6.95. The minimum absolute atomic E-state index is 0.931. The summed E-state index contributed by atoms with van der Waals surface area (Å²) < 4.78 is 0. The van der Waals surface area contributed by atoms with Crippen molar-refractivity contribution >= 4 is 34.7 Å². The second kappa shape index (κ2) is 9.22. The third kappa shape index (κ3) is 9.22. The predicted octanol–water partition coefficient (Wildman–Crippen LogP) is 3.07. The van der Waals surface area contributed by atoms with Crippen molar-refractivity contribution in [2.75, 3.05) is 0 Å². The topological polar surface area (TPSA) is 0 Å². The molecule has 0 heterocycles. The summed E-state index contributed by atoms with van der Waals surface area (Å²) in [5, 5.41) is 0. The predicted molar refractivity (Wildman–Crippen MR) is 46.6 cm³/mol. The van der Waals surface area contributed by atoms with Gasteiger partial charge in [0.25, 0.3) is 0 Å². The molecular formula is C6H13Cl2Ga. The maximum atomic E-state index is 4.95. The van der Waals surface area contributed by atoms with E-state index in [9.17, 15) is 0 Å². The second-order valence-electron chi connectivity index (χ2n) is 2.22. The van der Waals surface area contributed by atoms with Crippen LogP contribution in [0.15, 0.2) is 0 Å². The molecule has 0 aliphatic heterocycles.